The van der Waals surface area contributed by atoms with Crippen molar-refractivity contribution in [3.63, 3.8) is 0 Å². The second-order valence-electron chi connectivity index (χ2n) is 8.05. The van der Waals surface area contributed by atoms with E-state index in [1.807, 2.05) is 0 Å². The third-order valence-electron chi connectivity index (χ3n) is 4.86. The number of amides is 1. The van der Waals surface area contributed by atoms with Gasteiger partial charge in [-0.05, 0) is 57.4 Å². The number of nitrogens with one attached hydrogen (secondary N) is 2. The molecule has 1 heterocycles. The predicted molar refractivity (Wildman–Crippen MR) is 125 cm³/mol. The summed E-state index contributed by atoms with van der Waals surface area (Å²) in [7, 11) is 0. The second-order valence-corrected chi connectivity index (χ2v) is 8.05. The number of unbranched alkanes of at least 4 members (excludes halogenated alkanes) is 1. The molecule has 1 saturated heterocycles. The van der Waals surface area contributed by atoms with Crippen molar-refractivity contribution in [3.8, 4) is 11.5 Å². The first kappa shape index (κ1) is 31.0. The predicted octanol–water partition coefficient (Wildman–Crippen LogP) is 3.70. The SMILES string of the molecule is CC(=O)O.CCOC(=O)CCCCOc1ccc(OCC(F)(F)F)cc1C(=O)NCC1CCCCN1. The number of carboxylic acid groups (broad SMARTS) is 1. The molecular formula is C24H35F3N2O7. The maximum atomic E-state index is 12.8. The van der Waals surface area contributed by atoms with Crippen molar-refractivity contribution >= 4 is 17.8 Å². The highest BCUT2D eigenvalue weighted by atomic mass is 19.4. The van der Waals surface area contributed by atoms with Gasteiger partial charge in [-0.3, -0.25) is 14.4 Å². The summed E-state index contributed by atoms with van der Waals surface area (Å²) in [5.74, 6) is -1.39. The number of carboxylic acids is 1. The molecule has 1 aromatic rings. The van der Waals surface area contributed by atoms with Crippen molar-refractivity contribution in [1.82, 2.24) is 10.6 Å². The molecule has 1 aliphatic rings. The van der Waals surface area contributed by atoms with E-state index >= 15 is 0 Å². The fourth-order valence-corrected chi connectivity index (χ4v) is 3.26. The van der Waals surface area contributed by atoms with Crippen LogP contribution in [0.1, 0.15) is 62.7 Å². The zero-order valence-electron chi connectivity index (χ0n) is 20.6. The van der Waals surface area contributed by atoms with E-state index in [1.54, 1.807) is 6.92 Å². The maximum Gasteiger partial charge on any atom is 0.422 e. The molecule has 1 fully saturated rings. The smallest absolute Gasteiger partial charge is 0.422 e. The van der Waals surface area contributed by atoms with Gasteiger partial charge in [-0.15, -0.1) is 0 Å². The van der Waals surface area contributed by atoms with E-state index in [0.29, 0.717) is 26.0 Å². The fourth-order valence-electron chi connectivity index (χ4n) is 3.26. The first-order valence-electron chi connectivity index (χ1n) is 11.8. The Bertz CT molecular complexity index is 824. The van der Waals surface area contributed by atoms with E-state index in [-0.39, 0.29) is 42.1 Å². The molecule has 1 amide bonds. The van der Waals surface area contributed by atoms with E-state index in [1.165, 1.54) is 18.2 Å². The fraction of sp³-hybridized carbons (Fsp3) is 0.625. The van der Waals surface area contributed by atoms with Crippen molar-refractivity contribution in [2.75, 3.05) is 32.9 Å². The summed E-state index contributed by atoms with van der Waals surface area (Å²) >= 11 is 0. The number of hydrogen-bond acceptors (Lipinski definition) is 7. The van der Waals surface area contributed by atoms with Gasteiger partial charge in [0.05, 0.1) is 18.8 Å². The Balaban J connectivity index is 0.00000150. The van der Waals surface area contributed by atoms with Crippen molar-refractivity contribution < 1.29 is 46.9 Å². The molecule has 1 aromatic carbocycles. The van der Waals surface area contributed by atoms with Gasteiger partial charge in [0.1, 0.15) is 11.5 Å². The lowest BCUT2D eigenvalue weighted by Crippen LogP contribution is -2.43. The molecule has 0 saturated carbocycles. The number of rotatable bonds is 12. The average Bonchev–Trinajstić information content (AvgIpc) is 2.81. The largest absolute Gasteiger partial charge is 0.493 e. The Morgan fingerprint density at radius 3 is 2.50 bits per heavy atom. The first-order chi connectivity index (χ1) is 17.0. The van der Waals surface area contributed by atoms with Crippen LogP contribution in [0.5, 0.6) is 11.5 Å². The minimum atomic E-state index is -4.48. The minimum Gasteiger partial charge on any atom is -0.493 e. The summed E-state index contributed by atoms with van der Waals surface area (Å²) in [6.45, 7) is 3.24. The number of esters is 1. The number of halogens is 3. The van der Waals surface area contributed by atoms with Crippen molar-refractivity contribution in [1.29, 1.82) is 0 Å². The number of alkyl halides is 3. The molecule has 0 aliphatic carbocycles. The number of aliphatic carboxylic acids is 1. The van der Waals surface area contributed by atoms with E-state index in [9.17, 15) is 22.8 Å². The molecule has 9 nitrogen and oxygen atoms in total. The summed E-state index contributed by atoms with van der Waals surface area (Å²) in [6.07, 6.45) is 0.00942. The summed E-state index contributed by atoms with van der Waals surface area (Å²) in [5, 5.41) is 13.6. The number of carbonyl (C=O) groups is 3. The van der Waals surface area contributed by atoms with Crippen molar-refractivity contribution in [3.05, 3.63) is 23.8 Å². The molecule has 36 heavy (non-hydrogen) atoms. The van der Waals surface area contributed by atoms with Crippen LogP contribution in [0.25, 0.3) is 0 Å². The number of carbonyl (C=O) groups excluding carboxylic acids is 2. The molecule has 0 radical (unpaired) electrons. The van der Waals surface area contributed by atoms with Gasteiger partial charge >= 0.3 is 12.1 Å². The molecule has 1 unspecified atom stereocenters. The van der Waals surface area contributed by atoms with Gasteiger partial charge in [0.25, 0.3) is 11.9 Å². The molecule has 3 N–H and O–H groups in total. The lowest BCUT2D eigenvalue weighted by Gasteiger charge is -2.24. The highest BCUT2D eigenvalue weighted by Crippen LogP contribution is 2.26. The molecule has 12 heteroatoms. The Kier molecular flexibility index (Phi) is 14.3. The summed E-state index contributed by atoms with van der Waals surface area (Å²) < 4.78 is 52.8. The van der Waals surface area contributed by atoms with Gasteiger partial charge in [0.2, 0.25) is 0 Å². The summed E-state index contributed by atoms with van der Waals surface area (Å²) in [5.41, 5.74) is 0.103. The van der Waals surface area contributed by atoms with Crippen LogP contribution in [-0.4, -0.2) is 68.1 Å². The Morgan fingerprint density at radius 2 is 1.89 bits per heavy atom. The number of piperidine rings is 1. The third kappa shape index (κ3) is 14.4. The molecular weight excluding hydrogens is 485 g/mol. The first-order valence-corrected chi connectivity index (χ1v) is 11.8. The van der Waals surface area contributed by atoms with Crippen LogP contribution in [0.2, 0.25) is 0 Å². The van der Waals surface area contributed by atoms with Crippen LogP contribution in [0.15, 0.2) is 18.2 Å². The van der Waals surface area contributed by atoms with E-state index in [0.717, 1.165) is 32.7 Å². The van der Waals surface area contributed by atoms with E-state index < -0.39 is 24.7 Å². The van der Waals surface area contributed by atoms with Crippen molar-refractivity contribution in [2.45, 2.75) is 64.6 Å². The molecule has 1 aliphatic heterocycles. The van der Waals surface area contributed by atoms with Gasteiger partial charge in [-0.1, -0.05) is 6.42 Å². The molecule has 0 bridgehead atoms. The van der Waals surface area contributed by atoms with Crippen LogP contribution in [0.3, 0.4) is 0 Å². The van der Waals surface area contributed by atoms with Crippen LogP contribution < -0.4 is 20.1 Å². The highest BCUT2D eigenvalue weighted by molar-refractivity contribution is 5.97. The number of benzene rings is 1. The highest BCUT2D eigenvalue weighted by Gasteiger charge is 2.28. The van der Waals surface area contributed by atoms with E-state index in [4.69, 9.17) is 24.1 Å². The van der Waals surface area contributed by atoms with Gasteiger partial charge in [-0.25, -0.2) is 0 Å². The third-order valence-corrected chi connectivity index (χ3v) is 4.86. The maximum absolute atomic E-state index is 12.8. The van der Waals surface area contributed by atoms with Crippen LogP contribution >= 0.6 is 0 Å². The Hall–Kier alpha value is -3.02. The molecule has 0 spiro atoms. The Morgan fingerprint density at radius 1 is 1.17 bits per heavy atom. The quantitative estimate of drug-likeness (QED) is 0.282. The summed E-state index contributed by atoms with van der Waals surface area (Å²) in [6, 6.07) is 4.16. The van der Waals surface area contributed by atoms with E-state index in [2.05, 4.69) is 10.6 Å². The zero-order valence-corrected chi connectivity index (χ0v) is 20.6. The van der Waals surface area contributed by atoms with Gasteiger partial charge in [0, 0.05) is 25.9 Å². The molecule has 1 atom stereocenters. The topological polar surface area (TPSA) is 123 Å². The lowest BCUT2D eigenvalue weighted by molar-refractivity contribution is -0.153. The standard InChI is InChI=1S/C22H31F3N2O5.C2H4O2/c1-2-30-20(28)8-4-6-12-31-19-10-9-17(32-15-22(23,24)25)13-18(19)21(29)27-14-16-7-3-5-11-26-16;1-2(3)4/h9-10,13,16,26H,2-8,11-12,14-15H2,1H3,(H,27,29);1H3,(H,3,4). The van der Waals surface area contributed by atoms with Crippen LogP contribution in [-0.2, 0) is 14.3 Å². The second kappa shape index (κ2) is 16.6. The van der Waals surface area contributed by atoms with Crippen LogP contribution in [0.4, 0.5) is 13.2 Å². The average molecular weight is 521 g/mol. The van der Waals surface area contributed by atoms with Crippen LogP contribution in [0, 0.1) is 0 Å². The summed E-state index contributed by atoms with van der Waals surface area (Å²) in [4.78, 5) is 33.1. The minimum absolute atomic E-state index is 0.0714. The van der Waals surface area contributed by atoms with Gasteiger partial charge in [0.15, 0.2) is 6.61 Å². The zero-order chi connectivity index (χ0) is 27.0. The molecule has 2 rings (SSSR count). The number of hydrogen-bond donors (Lipinski definition) is 3. The lowest BCUT2D eigenvalue weighted by atomic mass is 10.0. The normalized spacial score (nSPS) is 15.2. The molecule has 204 valence electrons. The van der Waals surface area contributed by atoms with Gasteiger partial charge < -0.3 is 30.0 Å². The van der Waals surface area contributed by atoms with Gasteiger partial charge in [-0.2, -0.15) is 13.2 Å². The van der Waals surface area contributed by atoms with Crippen molar-refractivity contribution in [2.24, 2.45) is 0 Å². The molecule has 0 aromatic heterocycles. The monoisotopic (exact) mass is 520 g/mol. The Labute approximate surface area is 208 Å². The number of ether oxygens (including phenoxy) is 3.